The van der Waals surface area contributed by atoms with Gasteiger partial charge < -0.3 is 0 Å². The van der Waals surface area contributed by atoms with Gasteiger partial charge in [0.2, 0.25) is 0 Å². The maximum absolute atomic E-state index is 11.5. The van der Waals surface area contributed by atoms with Crippen LogP contribution in [0.1, 0.15) is 32.4 Å². The van der Waals surface area contributed by atoms with Gasteiger partial charge in [-0.3, -0.25) is 4.79 Å². The van der Waals surface area contributed by atoms with E-state index >= 15 is 0 Å². The number of carbonyl (C=O) groups is 1. The summed E-state index contributed by atoms with van der Waals surface area (Å²) in [6, 6.07) is 0. The van der Waals surface area contributed by atoms with E-state index < -0.39 is 0 Å². The number of hydrogen-bond acceptors (Lipinski definition) is 3. The molecule has 1 aromatic rings. The highest BCUT2D eigenvalue weighted by Crippen LogP contribution is 2.28. The molecule has 14 heavy (non-hydrogen) atoms. The third kappa shape index (κ3) is 2.38. The topological polar surface area (TPSA) is 42.9 Å². The quantitative estimate of drug-likeness (QED) is 0.835. The minimum atomic E-state index is -0.146. The highest BCUT2D eigenvalue weighted by Gasteiger charge is 2.23. The number of halogens is 1. The second kappa shape index (κ2) is 4.64. The van der Waals surface area contributed by atoms with Crippen LogP contribution < -0.4 is 0 Å². The zero-order valence-corrected chi connectivity index (χ0v) is 10.1. The molecule has 3 nitrogen and oxygen atoms in total. The normalized spacial score (nSPS) is 12.9. The van der Waals surface area contributed by atoms with Crippen molar-refractivity contribution in [2.24, 2.45) is 5.92 Å². The van der Waals surface area contributed by atoms with Crippen molar-refractivity contribution in [1.82, 2.24) is 9.97 Å². The Balaban J connectivity index is 3.12. The van der Waals surface area contributed by atoms with E-state index in [0.29, 0.717) is 0 Å². The number of rotatable bonds is 3. The monoisotopic (exact) mass is 256 g/mol. The van der Waals surface area contributed by atoms with Crippen molar-refractivity contribution in [2.45, 2.75) is 26.7 Å². The van der Waals surface area contributed by atoms with E-state index in [0.717, 1.165) is 10.2 Å². The predicted octanol–water partition coefficient (Wildman–Crippen LogP) is 2.57. The molecule has 0 spiro atoms. The molecule has 0 aliphatic carbocycles. The van der Waals surface area contributed by atoms with Gasteiger partial charge >= 0.3 is 0 Å². The fraction of sp³-hybridized carbons (Fsp3) is 0.500. The largest absolute Gasteiger partial charge is 0.299 e. The Morgan fingerprint density at radius 1 is 1.50 bits per heavy atom. The van der Waals surface area contributed by atoms with Crippen LogP contribution in [0.2, 0.25) is 0 Å². The molecule has 1 heterocycles. The number of hydrogen-bond donors (Lipinski definition) is 0. The van der Waals surface area contributed by atoms with Gasteiger partial charge in [0.1, 0.15) is 12.1 Å². The molecule has 0 bridgehead atoms. The summed E-state index contributed by atoms with van der Waals surface area (Å²) in [7, 11) is 0. The molecule has 0 saturated carbocycles. The first-order chi connectivity index (χ1) is 6.54. The van der Waals surface area contributed by atoms with Crippen molar-refractivity contribution in [2.75, 3.05) is 0 Å². The molecule has 4 heteroatoms. The lowest BCUT2D eigenvalue weighted by atomic mass is 9.89. The molecule has 1 aromatic heterocycles. The van der Waals surface area contributed by atoms with Crippen molar-refractivity contribution in [3.8, 4) is 0 Å². The Hall–Kier alpha value is -0.770. The van der Waals surface area contributed by atoms with Gasteiger partial charge in [-0.2, -0.15) is 0 Å². The van der Waals surface area contributed by atoms with E-state index in [1.54, 1.807) is 13.1 Å². The SMILES string of the molecule is CC(=O)C(c1ncncc1Br)C(C)C. The molecule has 0 fully saturated rings. The van der Waals surface area contributed by atoms with E-state index in [1.807, 2.05) is 13.8 Å². The van der Waals surface area contributed by atoms with Gasteiger partial charge in [-0.05, 0) is 28.8 Å². The summed E-state index contributed by atoms with van der Waals surface area (Å²) in [6.07, 6.45) is 3.14. The van der Waals surface area contributed by atoms with Gasteiger partial charge in [0.05, 0.1) is 16.1 Å². The summed E-state index contributed by atoms with van der Waals surface area (Å²) >= 11 is 3.36. The van der Waals surface area contributed by atoms with Crippen LogP contribution in [0.15, 0.2) is 17.0 Å². The van der Waals surface area contributed by atoms with Crippen LogP contribution in [0.3, 0.4) is 0 Å². The molecule has 0 N–H and O–H groups in total. The summed E-state index contributed by atoms with van der Waals surface area (Å²) in [5.41, 5.74) is 0.780. The highest BCUT2D eigenvalue weighted by molar-refractivity contribution is 9.10. The van der Waals surface area contributed by atoms with E-state index in [1.165, 1.54) is 6.33 Å². The van der Waals surface area contributed by atoms with E-state index in [9.17, 15) is 4.79 Å². The average molecular weight is 257 g/mol. The van der Waals surface area contributed by atoms with Gasteiger partial charge in [0.15, 0.2) is 0 Å². The van der Waals surface area contributed by atoms with E-state index in [-0.39, 0.29) is 17.6 Å². The summed E-state index contributed by atoms with van der Waals surface area (Å²) in [4.78, 5) is 19.5. The first-order valence-electron chi connectivity index (χ1n) is 4.50. The van der Waals surface area contributed by atoms with E-state index in [2.05, 4.69) is 25.9 Å². The minimum absolute atomic E-state index is 0.138. The zero-order valence-electron chi connectivity index (χ0n) is 8.49. The van der Waals surface area contributed by atoms with Gasteiger partial charge in [-0.15, -0.1) is 0 Å². The smallest absolute Gasteiger partial charge is 0.139 e. The Morgan fingerprint density at radius 3 is 2.57 bits per heavy atom. The third-order valence-electron chi connectivity index (χ3n) is 2.10. The number of Topliss-reactive ketones (excluding diaryl/α,β-unsaturated/α-hetero) is 1. The molecule has 0 aliphatic rings. The molecule has 0 radical (unpaired) electrons. The summed E-state index contributed by atoms with van der Waals surface area (Å²) in [5.74, 6) is 0.241. The van der Waals surface area contributed by atoms with Crippen LogP contribution in [0.5, 0.6) is 0 Å². The maximum Gasteiger partial charge on any atom is 0.139 e. The number of nitrogens with zero attached hydrogens (tertiary/aromatic N) is 2. The molecular weight excluding hydrogens is 244 g/mol. The lowest BCUT2D eigenvalue weighted by molar-refractivity contribution is -0.119. The number of ketones is 1. The molecule has 0 aromatic carbocycles. The van der Waals surface area contributed by atoms with Crippen LogP contribution in [0, 0.1) is 5.92 Å². The van der Waals surface area contributed by atoms with Gasteiger partial charge in [0, 0.05) is 6.20 Å². The molecule has 0 aliphatic heterocycles. The van der Waals surface area contributed by atoms with Crippen LogP contribution in [-0.2, 0) is 4.79 Å². The van der Waals surface area contributed by atoms with Crippen molar-refractivity contribution in [1.29, 1.82) is 0 Å². The minimum Gasteiger partial charge on any atom is -0.299 e. The highest BCUT2D eigenvalue weighted by atomic mass is 79.9. The van der Waals surface area contributed by atoms with Gasteiger partial charge in [-0.25, -0.2) is 9.97 Å². The lowest BCUT2D eigenvalue weighted by Crippen LogP contribution is -2.17. The van der Waals surface area contributed by atoms with Gasteiger partial charge in [-0.1, -0.05) is 13.8 Å². The first kappa shape index (κ1) is 11.3. The summed E-state index contributed by atoms with van der Waals surface area (Å²) < 4.78 is 0.800. The average Bonchev–Trinajstić information content (AvgIpc) is 2.07. The van der Waals surface area contributed by atoms with Crippen molar-refractivity contribution < 1.29 is 4.79 Å². The molecular formula is C10H13BrN2O. The van der Waals surface area contributed by atoms with Crippen molar-refractivity contribution >= 4 is 21.7 Å². The Morgan fingerprint density at radius 2 is 2.14 bits per heavy atom. The van der Waals surface area contributed by atoms with Crippen molar-refractivity contribution in [3.63, 3.8) is 0 Å². The molecule has 1 atom stereocenters. The molecule has 76 valence electrons. The number of carbonyl (C=O) groups excluding carboxylic acids is 1. The fourth-order valence-corrected chi connectivity index (χ4v) is 2.00. The standard InChI is InChI=1S/C10H13BrN2O/c1-6(2)9(7(3)14)10-8(11)4-12-5-13-10/h4-6,9H,1-3H3. The zero-order chi connectivity index (χ0) is 10.7. The molecule has 1 rings (SSSR count). The van der Waals surface area contributed by atoms with E-state index in [4.69, 9.17) is 0 Å². The second-order valence-electron chi connectivity index (χ2n) is 3.59. The molecule has 1 unspecified atom stereocenters. The first-order valence-corrected chi connectivity index (χ1v) is 5.29. The Labute approximate surface area is 92.1 Å². The van der Waals surface area contributed by atoms with Crippen LogP contribution >= 0.6 is 15.9 Å². The third-order valence-corrected chi connectivity index (χ3v) is 2.71. The van der Waals surface area contributed by atoms with Gasteiger partial charge in [0.25, 0.3) is 0 Å². The summed E-state index contributed by atoms with van der Waals surface area (Å²) in [6.45, 7) is 5.63. The Bertz CT molecular complexity index is 339. The van der Waals surface area contributed by atoms with Crippen molar-refractivity contribution in [3.05, 3.63) is 22.7 Å². The fourth-order valence-electron chi connectivity index (χ4n) is 1.53. The van der Waals surface area contributed by atoms with Crippen LogP contribution in [0.25, 0.3) is 0 Å². The lowest BCUT2D eigenvalue weighted by Gasteiger charge is -2.17. The number of aromatic nitrogens is 2. The Kier molecular flexibility index (Phi) is 3.75. The summed E-state index contributed by atoms with van der Waals surface area (Å²) in [5, 5.41) is 0. The van der Waals surface area contributed by atoms with Crippen LogP contribution in [-0.4, -0.2) is 15.8 Å². The molecule has 0 amide bonds. The van der Waals surface area contributed by atoms with Crippen LogP contribution in [0.4, 0.5) is 0 Å². The maximum atomic E-state index is 11.5. The molecule has 0 saturated heterocycles. The second-order valence-corrected chi connectivity index (χ2v) is 4.44. The predicted molar refractivity (Wildman–Crippen MR) is 58.0 cm³/mol.